The van der Waals surface area contributed by atoms with Crippen LogP contribution in [-0.2, 0) is 11.3 Å². The van der Waals surface area contributed by atoms with Crippen LogP contribution in [0.4, 0.5) is 0 Å². The fourth-order valence-corrected chi connectivity index (χ4v) is 2.95. The Kier molecular flexibility index (Phi) is 4.97. The van der Waals surface area contributed by atoms with Gasteiger partial charge in [-0.2, -0.15) is 5.10 Å². The third-order valence-electron chi connectivity index (χ3n) is 3.92. The van der Waals surface area contributed by atoms with Crippen molar-refractivity contribution in [3.8, 4) is 11.5 Å². The summed E-state index contributed by atoms with van der Waals surface area (Å²) in [5, 5.41) is 7.19. The first-order valence-corrected chi connectivity index (χ1v) is 8.15. The number of rotatable bonds is 6. The summed E-state index contributed by atoms with van der Waals surface area (Å²) in [6, 6.07) is 7.52. The van der Waals surface area contributed by atoms with Crippen molar-refractivity contribution in [2.24, 2.45) is 0 Å². The van der Waals surface area contributed by atoms with Crippen LogP contribution in [0.5, 0.6) is 11.5 Å². The summed E-state index contributed by atoms with van der Waals surface area (Å²) >= 11 is 5.34. The van der Waals surface area contributed by atoms with Gasteiger partial charge in [0.15, 0.2) is 16.7 Å². The molecule has 1 aliphatic rings. The summed E-state index contributed by atoms with van der Waals surface area (Å²) in [6.45, 7) is 3.48. The lowest BCUT2D eigenvalue weighted by Gasteiger charge is -2.17. The number of H-pyrrole nitrogens is 1. The largest absolute Gasteiger partial charge is 0.497 e. The van der Waals surface area contributed by atoms with Gasteiger partial charge in [-0.15, -0.1) is 0 Å². The number of nitrogens with zero attached hydrogens (tertiary/aromatic N) is 2. The lowest BCUT2D eigenvalue weighted by molar-refractivity contribution is 0.0935. The van der Waals surface area contributed by atoms with Gasteiger partial charge in [0.2, 0.25) is 0 Å². The predicted octanol–water partition coefficient (Wildman–Crippen LogP) is 3.27. The number of aromatic amines is 1. The molecule has 0 bridgehead atoms. The molecule has 1 N–H and O–H groups in total. The van der Waals surface area contributed by atoms with Gasteiger partial charge in [-0.25, -0.2) is 0 Å². The van der Waals surface area contributed by atoms with Crippen LogP contribution in [0.3, 0.4) is 0 Å². The van der Waals surface area contributed by atoms with E-state index in [1.54, 1.807) is 7.11 Å². The average Bonchev–Trinajstić information content (AvgIpc) is 3.19. The standard InChI is InChI=1S/C16H21N3O3S/c1-11(22-13-6-3-5-12(9-13)20-2)15-17-18-16(23)19(15)10-14-7-4-8-21-14/h3,5-6,9,11,14H,4,7-8,10H2,1-2H3,(H,18,23)/t11-,14-/m1/s1. The molecule has 0 amide bonds. The summed E-state index contributed by atoms with van der Waals surface area (Å²) in [6.07, 6.45) is 2.11. The van der Waals surface area contributed by atoms with Crippen LogP contribution >= 0.6 is 12.2 Å². The second-order valence-corrected chi connectivity index (χ2v) is 5.96. The second-order valence-electron chi connectivity index (χ2n) is 5.57. The Hall–Kier alpha value is -1.86. The van der Waals surface area contributed by atoms with Gasteiger partial charge in [0.1, 0.15) is 11.5 Å². The van der Waals surface area contributed by atoms with E-state index in [0.29, 0.717) is 11.3 Å². The van der Waals surface area contributed by atoms with E-state index in [1.165, 1.54) is 0 Å². The van der Waals surface area contributed by atoms with Gasteiger partial charge >= 0.3 is 0 Å². The summed E-state index contributed by atoms with van der Waals surface area (Å²) in [5.41, 5.74) is 0. The zero-order chi connectivity index (χ0) is 16.2. The molecule has 6 nitrogen and oxygen atoms in total. The molecule has 1 saturated heterocycles. The molecule has 1 fully saturated rings. The highest BCUT2D eigenvalue weighted by atomic mass is 32.1. The summed E-state index contributed by atoms with van der Waals surface area (Å²) in [4.78, 5) is 0. The first-order valence-electron chi connectivity index (χ1n) is 7.75. The van der Waals surface area contributed by atoms with Crippen molar-refractivity contribution in [3.63, 3.8) is 0 Å². The molecular formula is C16H21N3O3S. The van der Waals surface area contributed by atoms with E-state index in [4.69, 9.17) is 26.4 Å². The molecule has 2 heterocycles. The first kappa shape index (κ1) is 16.0. The lowest BCUT2D eigenvalue weighted by atomic mass is 10.2. The number of ether oxygens (including phenoxy) is 3. The Balaban J connectivity index is 1.76. The number of benzene rings is 1. The second kappa shape index (κ2) is 7.14. The molecule has 0 radical (unpaired) electrons. The monoisotopic (exact) mass is 335 g/mol. The Morgan fingerprint density at radius 3 is 3.04 bits per heavy atom. The van der Waals surface area contributed by atoms with E-state index >= 15 is 0 Å². The Morgan fingerprint density at radius 1 is 1.48 bits per heavy atom. The summed E-state index contributed by atoms with van der Waals surface area (Å²) in [5.74, 6) is 2.26. The van der Waals surface area contributed by atoms with Gasteiger partial charge in [0, 0.05) is 12.7 Å². The van der Waals surface area contributed by atoms with E-state index in [9.17, 15) is 0 Å². The van der Waals surface area contributed by atoms with Crippen LogP contribution in [-0.4, -0.2) is 34.6 Å². The van der Waals surface area contributed by atoms with Crippen LogP contribution in [0, 0.1) is 4.77 Å². The maximum atomic E-state index is 5.99. The van der Waals surface area contributed by atoms with Gasteiger partial charge in [-0.05, 0) is 44.1 Å². The molecule has 1 aromatic heterocycles. The van der Waals surface area contributed by atoms with Crippen molar-refractivity contribution in [1.29, 1.82) is 0 Å². The molecule has 0 unspecified atom stereocenters. The highest BCUT2D eigenvalue weighted by Gasteiger charge is 2.21. The normalized spacial score (nSPS) is 18.8. The van der Waals surface area contributed by atoms with E-state index in [-0.39, 0.29) is 12.2 Å². The lowest BCUT2D eigenvalue weighted by Crippen LogP contribution is -2.19. The molecule has 2 atom stereocenters. The molecule has 0 spiro atoms. The van der Waals surface area contributed by atoms with Crippen LogP contribution in [0.25, 0.3) is 0 Å². The summed E-state index contributed by atoms with van der Waals surface area (Å²) < 4.78 is 19.5. The van der Waals surface area contributed by atoms with E-state index in [0.717, 1.165) is 36.8 Å². The maximum absolute atomic E-state index is 5.99. The molecule has 1 aliphatic heterocycles. The van der Waals surface area contributed by atoms with Crippen molar-refractivity contribution in [3.05, 3.63) is 34.9 Å². The highest BCUT2D eigenvalue weighted by Crippen LogP contribution is 2.25. The molecule has 2 aromatic rings. The van der Waals surface area contributed by atoms with Crippen molar-refractivity contribution in [2.75, 3.05) is 13.7 Å². The van der Waals surface area contributed by atoms with Crippen LogP contribution in [0.1, 0.15) is 31.7 Å². The number of nitrogens with one attached hydrogen (secondary N) is 1. The zero-order valence-corrected chi connectivity index (χ0v) is 14.1. The average molecular weight is 335 g/mol. The van der Waals surface area contributed by atoms with E-state index in [2.05, 4.69) is 10.2 Å². The minimum atomic E-state index is -0.239. The molecular weight excluding hydrogens is 314 g/mol. The van der Waals surface area contributed by atoms with Crippen LogP contribution in [0.2, 0.25) is 0 Å². The Bertz CT molecular complexity index is 707. The molecule has 1 aromatic carbocycles. The maximum Gasteiger partial charge on any atom is 0.195 e. The van der Waals surface area contributed by atoms with Crippen molar-refractivity contribution < 1.29 is 14.2 Å². The number of hydrogen-bond donors (Lipinski definition) is 1. The zero-order valence-electron chi connectivity index (χ0n) is 13.3. The Morgan fingerprint density at radius 2 is 2.30 bits per heavy atom. The molecule has 7 heteroatoms. The quantitative estimate of drug-likeness (QED) is 0.821. The number of hydrogen-bond acceptors (Lipinski definition) is 5. The molecule has 124 valence electrons. The molecule has 0 aliphatic carbocycles. The number of methoxy groups -OCH3 is 1. The van der Waals surface area contributed by atoms with Crippen molar-refractivity contribution in [2.45, 2.75) is 38.5 Å². The van der Waals surface area contributed by atoms with Crippen LogP contribution in [0.15, 0.2) is 24.3 Å². The Labute approximate surface area is 140 Å². The summed E-state index contributed by atoms with van der Waals surface area (Å²) in [7, 11) is 1.63. The fourth-order valence-electron chi connectivity index (χ4n) is 2.74. The van der Waals surface area contributed by atoms with Gasteiger partial charge in [0.05, 0.1) is 19.8 Å². The van der Waals surface area contributed by atoms with Gasteiger partial charge in [-0.1, -0.05) is 6.07 Å². The van der Waals surface area contributed by atoms with E-state index < -0.39 is 0 Å². The smallest absolute Gasteiger partial charge is 0.195 e. The SMILES string of the molecule is COc1cccc(O[C@H](C)c2n[nH]c(=S)n2C[C@H]2CCCO2)c1. The van der Waals surface area contributed by atoms with Crippen molar-refractivity contribution in [1.82, 2.24) is 14.8 Å². The van der Waals surface area contributed by atoms with Crippen LogP contribution < -0.4 is 9.47 Å². The highest BCUT2D eigenvalue weighted by molar-refractivity contribution is 7.71. The predicted molar refractivity (Wildman–Crippen MR) is 88.4 cm³/mol. The first-order chi connectivity index (χ1) is 11.2. The van der Waals surface area contributed by atoms with Gasteiger partial charge < -0.3 is 14.2 Å². The minimum Gasteiger partial charge on any atom is -0.497 e. The van der Waals surface area contributed by atoms with Gasteiger partial charge in [-0.3, -0.25) is 9.67 Å². The number of aromatic nitrogens is 3. The molecule has 3 rings (SSSR count). The third kappa shape index (κ3) is 3.73. The fraction of sp³-hybridized carbons (Fsp3) is 0.500. The minimum absolute atomic E-state index is 0.196. The third-order valence-corrected chi connectivity index (χ3v) is 4.23. The molecule has 23 heavy (non-hydrogen) atoms. The van der Waals surface area contributed by atoms with Gasteiger partial charge in [0.25, 0.3) is 0 Å². The molecule has 0 saturated carbocycles. The topological polar surface area (TPSA) is 61.3 Å². The van der Waals surface area contributed by atoms with E-state index in [1.807, 2.05) is 35.8 Å². The van der Waals surface area contributed by atoms with Crippen molar-refractivity contribution >= 4 is 12.2 Å².